The first-order chi connectivity index (χ1) is 10.6. The summed E-state index contributed by atoms with van der Waals surface area (Å²) >= 11 is 0. The Kier molecular flexibility index (Phi) is 3.84. The molecule has 3 nitrogen and oxygen atoms in total. The van der Waals surface area contributed by atoms with Gasteiger partial charge in [0, 0.05) is 17.9 Å². The van der Waals surface area contributed by atoms with E-state index >= 15 is 0 Å². The molecule has 2 aromatic rings. The molecule has 0 unspecified atom stereocenters. The number of benzene rings is 2. The SMILES string of the molecule is Cc1ccc(N[C@@H](C)C(=O)N2CCc3ccccc32)cc1F. The minimum Gasteiger partial charge on any atom is -0.374 e. The van der Waals surface area contributed by atoms with Crippen molar-refractivity contribution >= 4 is 17.3 Å². The van der Waals surface area contributed by atoms with Gasteiger partial charge < -0.3 is 10.2 Å². The van der Waals surface area contributed by atoms with Crippen molar-refractivity contribution in [2.75, 3.05) is 16.8 Å². The lowest BCUT2D eigenvalue weighted by Crippen LogP contribution is -2.40. The van der Waals surface area contributed by atoms with E-state index < -0.39 is 6.04 Å². The molecule has 1 aliphatic rings. The first-order valence-corrected chi connectivity index (χ1v) is 7.48. The van der Waals surface area contributed by atoms with E-state index in [9.17, 15) is 9.18 Å². The molecule has 22 heavy (non-hydrogen) atoms. The number of nitrogens with one attached hydrogen (secondary N) is 1. The van der Waals surface area contributed by atoms with Gasteiger partial charge in [0.1, 0.15) is 11.9 Å². The molecule has 1 atom stereocenters. The molecular weight excluding hydrogens is 279 g/mol. The number of para-hydroxylation sites is 1. The lowest BCUT2D eigenvalue weighted by molar-refractivity contribution is -0.118. The van der Waals surface area contributed by atoms with Gasteiger partial charge >= 0.3 is 0 Å². The number of nitrogens with zero attached hydrogens (tertiary/aromatic N) is 1. The average molecular weight is 298 g/mol. The van der Waals surface area contributed by atoms with Crippen LogP contribution in [0.5, 0.6) is 0 Å². The second kappa shape index (κ2) is 5.79. The van der Waals surface area contributed by atoms with Crippen LogP contribution in [0.4, 0.5) is 15.8 Å². The number of amides is 1. The van der Waals surface area contributed by atoms with Gasteiger partial charge in [0.2, 0.25) is 5.91 Å². The summed E-state index contributed by atoms with van der Waals surface area (Å²) in [5, 5.41) is 3.09. The largest absolute Gasteiger partial charge is 0.374 e. The van der Waals surface area contributed by atoms with Crippen LogP contribution >= 0.6 is 0 Å². The summed E-state index contributed by atoms with van der Waals surface area (Å²) in [6.07, 6.45) is 0.883. The predicted octanol–water partition coefficient (Wildman–Crippen LogP) is 3.52. The number of halogens is 1. The minimum absolute atomic E-state index is 0.00549. The Bertz CT molecular complexity index is 714. The van der Waals surface area contributed by atoms with Gasteiger partial charge in [0.05, 0.1) is 0 Å². The van der Waals surface area contributed by atoms with Crippen LogP contribution in [-0.4, -0.2) is 18.5 Å². The number of hydrogen-bond acceptors (Lipinski definition) is 2. The first kappa shape index (κ1) is 14.6. The van der Waals surface area contributed by atoms with Crippen LogP contribution in [-0.2, 0) is 11.2 Å². The highest BCUT2D eigenvalue weighted by molar-refractivity contribution is 6.00. The molecule has 114 valence electrons. The quantitative estimate of drug-likeness (QED) is 0.940. The van der Waals surface area contributed by atoms with Crippen LogP contribution in [0.3, 0.4) is 0 Å². The molecule has 0 saturated heterocycles. The first-order valence-electron chi connectivity index (χ1n) is 7.48. The third-order valence-corrected chi connectivity index (χ3v) is 4.08. The van der Waals surface area contributed by atoms with E-state index in [4.69, 9.17) is 0 Å². The summed E-state index contributed by atoms with van der Waals surface area (Å²) in [7, 11) is 0. The fourth-order valence-electron chi connectivity index (χ4n) is 2.80. The minimum atomic E-state index is -0.409. The van der Waals surface area contributed by atoms with Gasteiger partial charge in [-0.25, -0.2) is 4.39 Å². The normalized spacial score (nSPS) is 14.6. The van der Waals surface area contributed by atoms with E-state index in [1.165, 1.54) is 11.6 Å². The van der Waals surface area contributed by atoms with Gasteiger partial charge in [0.25, 0.3) is 0 Å². The van der Waals surface area contributed by atoms with Gasteiger partial charge in [-0.2, -0.15) is 0 Å². The van der Waals surface area contributed by atoms with Gasteiger partial charge in [-0.05, 0) is 49.6 Å². The molecule has 1 heterocycles. The summed E-state index contributed by atoms with van der Waals surface area (Å²) in [5.41, 5.74) is 3.40. The monoisotopic (exact) mass is 298 g/mol. The number of hydrogen-bond donors (Lipinski definition) is 1. The van der Waals surface area contributed by atoms with E-state index in [1.807, 2.05) is 18.2 Å². The van der Waals surface area contributed by atoms with Gasteiger partial charge in [-0.15, -0.1) is 0 Å². The summed E-state index contributed by atoms with van der Waals surface area (Å²) < 4.78 is 13.6. The van der Waals surface area contributed by atoms with E-state index in [-0.39, 0.29) is 11.7 Å². The van der Waals surface area contributed by atoms with Crippen LogP contribution in [0, 0.1) is 12.7 Å². The number of anilines is 2. The number of aryl methyl sites for hydroxylation is 1. The van der Waals surface area contributed by atoms with Crippen molar-refractivity contribution in [3.05, 3.63) is 59.4 Å². The second-order valence-electron chi connectivity index (χ2n) is 5.70. The number of carbonyl (C=O) groups is 1. The topological polar surface area (TPSA) is 32.3 Å². The van der Waals surface area contributed by atoms with E-state index in [0.717, 1.165) is 12.1 Å². The Balaban J connectivity index is 1.74. The molecular formula is C18H19FN2O. The van der Waals surface area contributed by atoms with E-state index in [2.05, 4.69) is 11.4 Å². The maximum Gasteiger partial charge on any atom is 0.249 e. The zero-order valence-electron chi connectivity index (χ0n) is 12.8. The molecule has 0 spiro atoms. The molecule has 3 rings (SSSR count). The maximum atomic E-state index is 13.6. The van der Waals surface area contributed by atoms with Crippen LogP contribution in [0.25, 0.3) is 0 Å². The zero-order valence-corrected chi connectivity index (χ0v) is 12.8. The fraction of sp³-hybridized carbons (Fsp3) is 0.278. The standard InChI is InChI=1S/C18H19FN2O/c1-12-7-8-15(11-16(12)19)20-13(2)18(22)21-10-9-14-5-3-4-6-17(14)21/h3-8,11,13,20H,9-10H2,1-2H3/t13-/m0/s1. The third-order valence-electron chi connectivity index (χ3n) is 4.08. The molecule has 0 aromatic heterocycles. The van der Waals surface area contributed by atoms with Crippen molar-refractivity contribution < 1.29 is 9.18 Å². The lowest BCUT2D eigenvalue weighted by Gasteiger charge is -2.23. The molecule has 2 aromatic carbocycles. The zero-order chi connectivity index (χ0) is 15.7. The Hall–Kier alpha value is -2.36. The Morgan fingerprint density at radius 1 is 1.27 bits per heavy atom. The summed E-state index contributed by atoms with van der Waals surface area (Å²) in [6, 6.07) is 12.5. The van der Waals surface area contributed by atoms with Crippen LogP contribution in [0.1, 0.15) is 18.1 Å². The lowest BCUT2D eigenvalue weighted by atomic mass is 10.1. The molecule has 0 aliphatic carbocycles. The second-order valence-corrected chi connectivity index (χ2v) is 5.70. The van der Waals surface area contributed by atoms with E-state index in [1.54, 1.807) is 30.9 Å². The Labute approximate surface area is 129 Å². The Morgan fingerprint density at radius 2 is 2.05 bits per heavy atom. The Morgan fingerprint density at radius 3 is 2.82 bits per heavy atom. The van der Waals surface area contributed by atoms with Gasteiger partial charge in [-0.1, -0.05) is 24.3 Å². The average Bonchev–Trinajstić information content (AvgIpc) is 2.94. The summed E-state index contributed by atoms with van der Waals surface area (Å²) in [5.74, 6) is -0.262. The van der Waals surface area contributed by atoms with Crippen LogP contribution in [0.15, 0.2) is 42.5 Å². The van der Waals surface area contributed by atoms with Crippen LogP contribution in [0.2, 0.25) is 0 Å². The predicted molar refractivity (Wildman–Crippen MR) is 86.7 cm³/mol. The number of carbonyl (C=O) groups excluding carboxylic acids is 1. The van der Waals surface area contributed by atoms with Gasteiger partial charge in [0.15, 0.2) is 0 Å². The molecule has 0 radical (unpaired) electrons. The highest BCUT2D eigenvalue weighted by Gasteiger charge is 2.27. The van der Waals surface area contributed by atoms with E-state index in [0.29, 0.717) is 17.8 Å². The highest BCUT2D eigenvalue weighted by Crippen LogP contribution is 2.28. The van der Waals surface area contributed by atoms with Crippen molar-refractivity contribution in [2.24, 2.45) is 0 Å². The molecule has 0 saturated carbocycles. The molecule has 1 N–H and O–H groups in total. The van der Waals surface area contributed by atoms with Crippen molar-refractivity contribution in [3.8, 4) is 0 Å². The molecule has 0 fully saturated rings. The maximum absolute atomic E-state index is 13.6. The van der Waals surface area contributed by atoms with Crippen molar-refractivity contribution in [1.29, 1.82) is 0 Å². The number of rotatable bonds is 3. The van der Waals surface area contributed by atoms with Crippen molar-refractivity contribution in [1.82, 2.24) is 0 Å². The summed E-state index contributed by atoms with van der Waals surface area (Å²) in [6.45, 7) is 4.22. The molecule has 0 bridgehead atoms. The van der Waals surface area contributed by atoms with Crippen molar-refractivity contribution in [3.63, 3.8) is 0 Å². The molecule has 1 aliphatic heterocycles. The molecule has 4 heteroatoms. The van der Waals surface area contributed by atoms with Crippen molar-refractivity contribution in [2.45, 2.75) is 26.3 Å². The fourth-order valence-corrected chi connectivity index (χ4v) is 2.80. The smallest absolute Gasteiger partial charge is 0.249 e. The molecule has 1 amide bonds. The highest BCUT2D eigenvalue weighted by atomic mass is 19.1. The summed E-state index contributed by atoms with van der Waals surface area (Å²) in [4.78, 5) is 14.4. The van der Waals surface area contributed by atoms with Crippen LogP contribution < -0.4 is 10.2 Å². The third kappa shape index (κ3) is 2.69. The number of fused-ring (bicyclic) bond motifs is 1. The van der Waals surface area contributed by atoms with Gasteiger partial charge in [-0.3, -0.25) is 4.79 Å².